The van der Waals surface area contributed by atoms with Crippen LogP contribution in [0.15, 0.2) is 33.7 Å². The van der Waals surface area contributed by atoms with E-state index < -0.39 is 10.0 Å². The maximum absolute atomic E-state index is 12.2. The van der Waals surface area contributed by atoms with E-state index in [4.69, 9.17) is 10.3 Å². The molecule has 1 heterocycles. The molecule has 0 aliphatic carbocycles. The summed E-state index contributed by atoms with van der Waals surface area (Å²) in [4.78, 5) is 4.20. The Bertz CT molecular complexity index is 682. The molecule has 0 saturated carbocycles. The van der Waals surface area contributed by atoms with E-state index in [-0.39, 0.29) is 18.0 Å². The Morgan fingerprint density at radius 3 is 2.75 bits per heavy atom. The molecule has 0 saturated heterocycles. The summed E-state index contributed by atoms with van der Waals surface area (Å²) in [5.74, 6) is 0.925. The van der Waals surface area contributed by atoms with Gasteiger partial charge in [-0.1, -0.05) is 23.4 Å². The van der Waals surface area contributed by atoms with Gasteiger partial charge in [0.1, 0.15) is 0 Å². The minimum atomic E-state index is -3.59. The van der Waals surface area contributed by atoms with Crippen molar-refractivity contribution in [2.45, 2.75) is 24.8 Å². The van der Waals surface area contributed by atoms with E-state index in [2.05, 4.69) is 14.9 Å². The van der Waals surface area contributed by atoms with Gasteiger partial charge in [0, 0.05) is 19.5 Å². The fourth-order valence-corrected chi connectivity index (χ4v) is 3.03. The molecular formula is C12H16N4O3S. The lowest BCUT2D eigenvalue weighted by molar-refractivity contribution is 0.375. The number of hydrogen-bond donors (Lipinski definition) is 2. The highest BCUT2D eigenvalue weighted by Gasteiger charge is 2.17. The Hall–Kier alpha value is -1.77. The van der Waals surface area contributed by atoms with E-state index >= 15 is 0 Å². The fraction of sp³-hybridized carbons (Fsp3) is 0.333. The number of hydrogen-bond acceptors (Lipinski definition) is 6. The van der Waals surface area contributed by atoms with Gasteiger partial charge in [-0.15, -0.1) is 0 Å². The van der Waals surface area contributed by atoms with Crippen LogP contribution >= 0.6 is 0 Å². The van der Waals surface area contributed by atoms with Crippen molar-refractivity contribution in [2.24, 2.45) is 5.73 Å². The Morgan fingerprint density at radius 2 is 2.10 bits per heavy atom. The molecule has 2 aromatic rings. The molecular weight excluding hydrogens is 280 g/mol. The summed E-state index contributed by atoms with van der Waals surface area (Å²) in [5, 5.41) is 3.64. The van der Waals surface area contributed by atoms with E-state index in [1.807, 2.05) is 0 Å². The summed E-state index contributed by atoms with van der Waals surface area (Å²) in [5.41, 5.74) is 6.12. The average Bonchev–Trinajstić information content (AvgIpc) is 2.84. The predicted octanol–water partition coefficient (Wildman–Crippen LogP) is 0.358. The van der Waals surface area contributed by atoms with Crippen LogP contribution < -0.4 is 10.5 Å². The largest absolute Gasteiger partial charge is 0.339 e. The van der Waals surface area contributed by atoms with Crippen LogP contribution in [0.5, 0.6) is 0 Å². The van der Waals surface area contributed by atoms with Crippen molar-refractivity contribution in [3.63, 3.8) is 0 Å². The van der Waals surface area contributed by atoms with Crippen molar-refractivity contribution in [1.82, 2.24) is 14.9 Å². The maximum Gasteiger partial charge on any atom is 0.240 e. The van der Waals surface area contributed by atoms with Crippen molar-refractivity contribution in [3.8, 4) is 0 Å². The molecule has 0 bridgehead atoms. The Balaban J connectivity index is 2.04. The van der Waals surface area contributed by atoms with Crippen molar-refractivity contribution in [1.29, 1.82) is 0 Å². The number of benzene rings is 1. The molecule has 8 heteroatoms. The molecule has 2 rings (SSSR count). The number of nitrogens with one attached hydrogen (secondary N) is 1. The van der Waals surface area contributed by atoms with Gasteiger partial charge in [-0.25, -0.2) is 13.1 Å². The van der Waals surface area contributed by atoms with Gasteiger partial charge in [0.15, 0.2) is 5.82 Å². The van der Waals surface area contributed by atoms with E-state index in [0.717, 1.165) is 0 Å². The number of nitrogens with zero attached hydrogens (tertiary/aromatic N) is 2. The number of aromatic nitrogens is 2. The molecule has 1 aromatic carbocycles. The summed E-state index contributed by atoms with van der Waals surface area (Å²) in [6.07, 6.45) is 0.338. The third-order valence-corrected chi connectivity index (χ3v) is 4.24. The van der Waals surface area contributed by atoms with Crippen LogP contribution in [0.3, 0.4) is 0 Å². The molecule has 0 atom stereocenters. The Morgan fingerprint density at radius 1 is 1.35 bits per heavy atom. The lowest BCUT2D eigenvalue weighted by Gasteiger charge is -2.09. The molecule has 0 amide bonds. The van der Waals surface area contributed by atoms with E-state index in [9.17, 15) is 8.42 Å². The second-order valence-electron chi connectivity index (χ2n) is 4.19. The highest BCUT2D eigenvalue weighted by Crippen LogP contribution is 2.14. The zero-order valence-electron chi connectivity index (χ0n) is 11.0. The van der Waals surface area contributed by atoms with Gasteiger partial charge in [0.25, 0.3) is 0 Å². The maximum atomic E-state index is 12.2. The normalized spacial score (nSPS) is 11.7. The summed E-state index contributed by atoms with van der Waals surface area (Å²) < 4.78 is 31.8. The Kier molecular flexibility index (Phi) is 4.48. The van der Waals surface area contributed by atoms with Crippen LogP contribution in [0.1, 0.15) is 17.3 Å². The fourth-order valence-electron chi connectivity index (χ4n) is 1.75. The minimum Gasteiger partial charge on any atom is -0.339 e. The van der Waals surface area contributed by atoms with Crippen LogP contribution in [0, 0.1) is 6.92 Å². The topological polar surface area (TPSA) is 111 Å². The van der Waals surface area contributed by atoms with E-state index in [0.29, 0.717) is 23.7 Å². The van der Waals surface area contributed by atoms with Gasteiger partial charge in [-0.3, -0.25) is 0 Å². The van der Waals surface area contributed by atoms with Gasteiger partial charge in [-0.05, 0) is 18.6 Å². The zero-order chi connectivity index (χ0) is 14.6. The number of nitrogens with two attached hydrogens (primary N) is 1. The van der Waals surface area contributed by atoms with Gasteiger partial charge in [0.05, 0.1) is 4.90 Å². The van der Waals surface area contributed by atoms with Crippen molar-refractivity contribution in [2.75, 3.05) is 6.54 Å². The van der Waals surface area contributed by atoms with Crippen LogP contribution in [0.4, 0.5) is 0 Å². The van der Waals surface area contributed by atoms with Crippen LogP contribution in [0.2, 0.25) is 0 Å². The molecule has 1 aromatic heterocycles. The lowest BCUT2D eigenvalue weighted by Crippen LogP contribution is -2.27. The molecule has 20 heavy (non-hydrogen) atoms. The van der Waals surface area contributed by atoms with E-state index in [1.54, 1.807) is 25.1 Å². The molecule has 0 spiro atoms. The van der Waals surface area contributed by atoms with Crippen molar-refractivity contribution >= 4 is 10.0 Å². The SMILES string of the molecule is Cc1noc(CCNS(=O)(=O)c2ccccc2CN)n1. The first-order valence-corrected chi connectivity index (χ1v) is 7.58. The molecule has 7 nitrogen and oxygen atoms in total. The standard InChI is InChI=1S/C12H16N4O3S/c1-9-15-12(19-16-9)6-7-14-20(17,18)11-5-3-2-4-10(11)8-13/h2-5,14H,6-8,13H2,1H3. The van der Waals surface area contributed by atoms with Crippen LogP contribution in [-0.2, 0) is 23.0 Å². The van der Waals surface area contributed by atoms with Crippen LogP contribution in [-0.4, -0.2) is 25.1 Å². The second kappa shape index (κ2) is 6.12. The Labute approximate surface area is 117 Å². The highest BCUT2D eigenvalue weighted by atomic mass is 32.2. The molecule has 0 unspecified atom stereocenters. The molecule has 108 valence electrons. The molecule has 0 aliphatic heterocycles. The molecule has 0 fully saturated rings. The highest BCUT2D eigenvalue weighted by molar-refractivity contribution is 7.89. The first kappa shape index (κ1) is 14.6. The van der Waals surface area contributed by atoms with E-state index in [1.165, 1.54) is 6.07 Å². The zero-order valence-corrected chi connectivity index (χ0v) is 11.9. The smallest absolute Gasteiger partial charge is 0.240 e. The number of sulfonamides is 1. The van der Waals surface area contributed by atoms with Crippen molar-refractivity contribution < 1.29 is 12.9 Å². The monoisotopic (exact) mass is 296 g/mol. The molecule has 3 N–H and O–H groups in total. The lowest BCUT2D eigenvalue weighted by atomic mass is 10.2. The third-order valence-electron chi connectivity index (χ3n) is 2.68. The van der Waals surface area contributed by atoms with Crippen LogP contribution in [0.25, 0.3) is 0 Å². The van der Waals surface area contributed by atoms with Crippen molar-refractivity contribution in [3.05, 3.63) is 41.5 Å². The van der Waals surface area contributed by atoms with Gasteiger partial charge >= 0.3 is 0 Å². The average molecular weight is 296 g/mol. The predicted molar refractivity (Wildman–Crippen MR) is 72.3 cm³/mol. The first-order chi connectivity index (χ1) is 9.53. The minimum absolute atomic E-state index is 0.167. The second-order valence-corrected chi connectivity index (χ2v) is 5.93. The number of aryl methyl sites for hydroxylation is 1. The summed E-state index contributed by atoms with van der Waals surface area (Å²) in [6.45, 7) is 2.05. The third kappa shape index (κ3) is 3.41. The molecule has 0 radical (unpaired) electrons. The summed E-state index contributed by atoms with van der Waals surface area (Å²) >= 11 is 0. The quantitative estimate of drug-likeness (QED) is 0.796. The van der Waals surface area contributed by atoms with Gasteiger partial charge in [-0.2, -0.15) is 4.98 Å². The molecule has 0 aliphatic rings. The summed E-state index contributed by atoms with van der Waals surface area (Å²) in [6, 6.07) is 6.63. The van der Waals surface area contributed by atoms with Gasteiger partial charge in [0.2, 0.25) is 15.9 Å². The number of rotatable bonds is 6. The summed E-state index contributed by atoms with van der Waals surface area (Å²) in [7, 11) is -3.59. The first-order valence-electron chi connectivity index (χ1n) is 6.10. The van der Waals surface area contributed by atoms with Gasteiger partial charge < -0.3 is 10.3 Å².